The zero-order chi connectivity index (χ0) is 39.9. The molecular formula is C36H35F6NO8S2. The average molecular weight is 788 g/mol. The summed E-state index contributed by atoms with van der Waals surface area (Å²) < 4.78 is 126. The van der Waals surface area contributed by atoms with Gasteiger partial charge in [0, 0.05) is 17.7 Å². The van der Waals surface area contributed by atoms with Crippen molar-refractivity contribution in [2.45, 2.75) is 55.8 Å². The SMILES string of the molecule is CCS(=O)(=O)c1ccc(-c2cc(C(F)(F)F)ccc2CCC(=O)O)c(C)c1.CCS(=O)(=O)c1ccc(-c2cc(C(F)(F)F)ccc2NCC(=O)O)cc1. The number of carboxylic acids is 2. The Morgan fingerprint density at radius 3 is 1.64 bits per heavy atom. The highest BCUT2D eigenvalue weighted by Gasteiger charge is 2.32. The largest absolute Gasteiger partial charge is 0.481 e. The van der Waals surface area contributed by atoms with E-state index in [0.29, 0.717) is 22.3 Å². The fraction of sp³-hybridized carbons (Fsp3) is 0.278. The number of hydrogen-bond acceptors (Lipinski definition) is 7. The molecule has 0 saturated heterocycles. The minimum atomic E-state index is -4.56. The lowest BCUT2D eigenvalue weighted by atomic mass is 9.92. The Kier molecular flexibility index (Phi) is 13.5. The maximum atomic E-state index is 13.1. The Morgan fingerprint density at radius 2 is 1.15 bits per heavy atom. The molecule has 4 aromatic carbocycles. The van der Waals surface area contributed by atoms with E-state index >= 15 is 0 Å². The number of carboxylic acid groups (broad SMARTS) is 2. The molecule has 0 radical (unpaired) electrons. The third-order valence-corrected chi connectivity index (χ3v) is 11.4. The number of hydrogen-bond donors (Lipinski definition) is 3. The summed E-state index contributed by atoms with van der Waals surface area (Å²) >= 11 is 0. The van der Waals surface area contributed by atoms with Crippen molar-refractivity contribution in [3.63, 3.8) is 0 Å². The van der Waals surface area contributed by atoms with Crippen molar-refractivity contribution < 1.29 is 63.0 Å². The minimum Gasteiger partial charge on any atom is -0.481 e. The van der Waals surface area contributed by atoms with Gasteiger partial charge in [0.25, 0.3) is 0 Å². The lowest BCUT2D eigenvalue weighted by Crippen LogP contribution is -2.13. The van der Waals surface area contributed by atoms with Crippen LogP contribution in [0.5, 0.6) is 0 Å². The number of rotatable bonds is 12. The second-order valence-corrected chi connectivity index (χ2v) is 16.1. The summed E-state index contributed by atoms with van der Waals surface area (Å²) in [5.41, 5.74) is 0.576. The zero-order valence-electron chi connectivity index (χ0n) is 28.5. The summed E-state index contributed by atoms with van der Waals surface area (Å²) in [5, 5.41) is 20.2. The highest BCUT2D eigenvalue weighted by molar-refractivity contribution is 7.91. The van der Waals surface area contributed by atoms with Gasteiger partial charge in [-0.1, -0.05) is 38.1 Å². The quantitative estimate of drug-likeness (QED) is 0.121. The third-order valence-electron chi connectivity index (χ3n) is 7.95. The van der Waals surface area contributed by atoms with E-state index in [1.54, 1.807) is 6.92 Å². The normalized spacial score (nSPS) is 12.1. The van der Waals surface area contributed by atoms with Crippen LogP contribution in [-0.4, -0.2) is 57.0 Å². The number of alkyl halides is 6. The maximum absolute atomic E-state index is 13.1. The van der Waals surface area contributed by atoms with Gasteiger partial charge in [0.05, 0.1) is 32.4 Å². The fourth-order valence-corrected chi connectivity index (χ4v) is 6.90. The molecule has 0 aliphatic heterocycles. The topological polar surface area (TPSA) is 155 Å². The predicted octanol–water partition coefficient (Wildman–Crippen LogP) is 8.15. The molecule has 0 aliphatic rings. The molecule has 0 atom stereocenters. The van der Waals surface area contributed by atoms with Crippen LogP contribution < -0.4 is 5.32 Å². The van der Waals surface area contributed by atoms with E-state index in [9.17, 15) is 52.8 Å². The molecule has 4 aromatic rings. The number of benzene rings is 4. The van der Waals surface area contributed by atoms with Crippen LogP contribution in [0, 0.1) is 6.92 Å². The molecule has 0 bridgehead atoms. The van der Waals surface area contributed by atoms with Gasteiger partial charge in [-0.25, -0.2) is 16.8 Å². The molecule has 0 spiro atoms. The van der Waals surface area contributed by atoms with E-state index in [1.807, 2.05) is 0 Å². The first-order valence-corrected chi connectivity index (χ1v) is 19.1. The molecule has 3 N–H and O–H groups in total. The van der Waals surface area contributed by atoms with Crippen LogP contribution >= 0.6 is 0 Å². The standard InChI is InChI=1S/C19H19F3O4S.C17H16F3NO4S/c1-3-27(25,26)15-7-8-16(12(2)10-15)17-11-14(19(20,21)22)6-4-13(17)5-9-18(23)24;1-2-26(24,25)13-6-3-11(4-7-13)14-9-12(17(18,19)20)5-8-15(14)21-10-16(22)23/h4,6-8,10-11H,3,5,9H2,1-2H3,(H,23,24);3-9,21H,2,10H2,1H3,(H,22,23). The zero-order valence-corrected chi connectivity index (χ0v) is 30.1. The molecule has 17 heteroatoms. The van der Waals surface area contributed by atoms with E-state index in [2.05, 4.69) is 5.32 Å². The fourth-order valence-electron chi connectivity index (χ4n) is 5.05. The smallest absolute Gasteiger partial charge is 0.416 e. The number of sulfone groups is 2. The summed E-state index contributed by atoms with van der Waals surface area (Å²) in [5.74, 6) is -2.40. The summed E-state index contributed by atoms with van der Waals surface area (Å²) in [6.07, 6.45) is -9.26. The lowest BCUT2D eigenvalue weighted by molar-refractivity contribution is -0.138. The molecule has 0 saturated carbocycles. The van der Waals surface area contributed by atoms with Gasteiger partial charge in [0.2, 0.25) is 0 Å². The van der Waals surface area contributed by atoms with Crippen LogP contribution in [-0.2, 0) is 48.0 Å². The van der Waals surface area contributed by atoms with Crippen molar-refractivity contribution in [2.75, 3.05) is 23.4 Å². The van der Waals surface area contributed by atoms with Crippen LogP contribution in [0.15, 0.2) is 88.7 Å². The van der Waals surface area contributed by atoms with Crippen molar-refractivity contribution in [1.82, 2.24) is 0 Å². The summed E-state index contributed by atoms with van der Waals surface area (Å²) in [7, 11) is -6.87. The Balaban J connectivity index is 0.000000286. The number of carbonyl (C=O) groups is 2. The van der Waals surface area contributed by atoms with Gasteiger partial charge in [-0.3, -0.25) is 9.59 Å². The summed E-state index contributed by atoms with van der Waals surface area (Å²) in [6, 6.07) is 15.7. The number of halogens is 6. The molecule has 0 aromatic heterocycles. The average Bonchev–Trinajstić information content (AvgIpc) is 3.09. The molecule has 9 nitrogen and oxygen atoms in total. The molecule has 0 amide bonds. The number of nitrogens with one attached hydrogen (secondary N) is 1. The summed E-state index contributed by atoms with van der Waals surface area (Å²) in [6.45, 7) is 4.14. The van der Waals surface area contributed by atoms with Crippen LogP contribution in [0.1, 0.15) is 42.5 Å². The molecular weight excluding hydrogens is 753 g/mol. The first-order chi connectivity index (χ1) is 24.5. The van der Waals surface area contributed by atoms with Crippen molar-refractivity contribution in [3.8, 4) is 22.3 Å². The molecule has 0 unspecified atom stereocenters. The number of aryl methyl sites for hydroxylation is 2. The van der Waals surface area contributed by atoms with E-state index in [4.69, 9.17) is 10.2 Å². The highest BCUT2D eigenvalue weighted by atomic mass is 32.2. The monoisotopic (exact) mass is 787 g/mol. The molecule has 0 aliphatic carbocycles. The molecule has 53 heavy (non-hydrogen) atoms. The first kappa shape index (κ1) is 42.5. The van der Waals surface area contributed by atoms with Gasteiger partial charge < -0.3 is 15.5 Å². The van der Waals surface area contributed by atoms with E-state index in [0.717, 1.165) is 30.3 Å². The van der Waals surface area contributed by atoms with Crippen molar-refractivity contribution >= 4 is 37.3 Å². The Hall–Kier alpha value is -4.90. The summed E-state index contributed by atoms with van der Waals surface area (Å²) in [4.78, 5) is 21.7. The van der Waals surface area contributed by atoms with Crippen molar-refractivity contribution in [3.05, 3.63) is 101 Å². The van der Waals surface area contributed by atoms with Gasteiger partial charge in [-0.2, -0.15) is 26.3 Å². The predicted molar refractivity (Wildman–Crippen MR) is 186 cm³/mol. The molecule has 0 heterocycles. The second kappa shape index (κ2) is 16.8. The van der Waals surface area contributed by atoms with Crippen molar-refractivity contribution in [1.29, 1.82) is 0 Å². The molecule has 4 rings (SSSR count). The minimum absolute atomic E-state index is 0.0655. The lowest BCUT2D eigenvalue weighted by Gasteiger charge is -2.16. The Bertz CT molecular complexity index is 2180. The Labute approximate surface area is 302 Å². The highest BCUT2D eigenvalue weighted by Crippen LogP contribution is 2.38. The van der Waals surface area contributed by atoms with Gasteiger partial charge in [0.1, 0.15) is 6.54 Å². The van der Waals surface area contributed by atoms with E-state index < -0.39 is 61.6 Å². The number of anilines is 1. The van der Waals surface area contributed by atoms with E-state index in [-0.39, 0.29) is 51.0 Å². The first-order valence-electron chi connectivity index (χ1n) is 15.8. The van der Waals surface area contributed by atoms with Crippen LogP contribution in [0.2, 0.25) is 0 Å². The van der Waals surface area contributed by atoms with Gasteiger partial charge in [-0.05, 0) is 95.8 Å². The van der Waals surface area contributed by atoms with Crippen molar-refractivity contribution in [2.24, 2.45) is 0 Å². The number of aliphatic carboxylic acids is 2. The molecule has 0 fully saturated rings. The maximum Gasteiger partial charge on any atom is 0.416 e. The van der Waals surface area contributed by atoms with Crippen LogP contribution in [0.25, 0.3) is 22.3 Å². The van der Waals surface area contributed by atoms with Crippen LogP contribution in [0.4, 0.5) is 32.0 Å². The van der Waals surface area contributed by atoms with Crippen LogP contribution in [0.3, 0.4) is 0 Å². The van der Waals surface area contributed by atoms with Gasteiger partial charge >= 0.3 is 24.3 Å². The van der Waals surface area contributed by atoms with Gasteiger partial charge in [-0.15, -0.1) is 0 Å². The second-order valence-electron chi connectivity index (χ2n) is 11.6. The third kappa shape index (κ3) is 11.3. The Morgan fingerprint density at radius 1 is 0.642 bits per heavy atom. The van der Waals surface area contributed by atoms with E-state index in [1.165, 1.54) is 62.4 Å². The molecule has 286 valence electrons. The van der Waals surface area contributed by atoms with Gasteiger partial charge in [0.15, 0.2) is 19.7 Å².